The van der Waals surface area contributed by atoms with Crippen LogP contribution in [0.1, 0.15) is 155 Å². The van der Waals surface area contributed by atoms with E-state index in [0.29, 0.717) is 5.75 Å². The van der Waals surface area contributed by atoms with Gasteiger partial charge in [0.05, 0.1) is 9.85 Å². The summed E-state index contributed by atoms with van der Waals surface area (Å²) in [6, 6.07) is 86.6. The lowest BCUT2D eigenvalue weighted by molar-refractivity contribution is -0.385. The molecule has 0 aliphatic heterocycles. The molecular formula is C99H91ClN2O18. The lowest BCUT2D eigenvalue weighted by atomic mass is 9.88. The molecule has 0 amide bonds. The van der Waals surface area contributed by atoms with Crippen molar-refractivity contribution in [3.63, 3.8) is 0 Å². The highest BCUT2D eigenvalue weighted by molar-refractivity contribution is 6.61. The normalized spacial score (nSPS) is 11.8. The van der Waals surface area contributed by atoms with Crippen molar-refractivity contribution in [3.05, 3.63) is 390 Å². The molecule has 0 saturated carbocycles. The molecule has 0 spiro atoms. The highest BCUT2D eigenvalue weighted by Crippen LogP contribution is 2.39. The molecule has 120 heavy (non-hydrogen) atoms. The minimum Gasteiger partial charge on any atom is -0.508 e. The Morgan fingerprint density at radius 3 is 0.875 bits per heavy atom. The lowest BCUT2D eigenvalue weighted by Crippen LogP contribution is -2.22. The Bertz CT molecular complexity index is 5520. The molecule has 0 saturated heterocycles. The van der Waals surface area contributed by atoms with E-state index < -0.39 is 44.6 Å². The van der Waals surface area contributed by atoms with Crippen LogP contribution in [0.25, 0.3) is 51.7 Å². The number of carbonyl (C=O) groups excluding carboxylic acids is 5. The number of carboxylic acid groups (broad SMARTS) is 1. The van der Waals surface area contributed by atoms with Gasteiger partial charge >= 0.3 is 35.5 Å². The second-order valence-corrected chi connectivity index (χ2v) is 28.8. The van der Waals surface area contributed by atoms with Gasteiger partial charge in [-0.05, 0) is 240 Å². The zero-order chi connectivity index (χ0) is 86.9. The number of aliphatic carboxylic acids is 1. The molecule has 0 aliphatic rings. The van der Waals surface area contributed by atoms with E-state index in [1.165, 1.54) is 84.3 Å². The van der Waals surface area contributed by atoms with Crippen LogP contribution >= 0.6 is 11.6 Å². The van der Waals surface area contributed by atoms with Crippen molar-refractivity contribution >= 4 is 110 Å². The number of rotatable bonds is 24. The van der Waals surface area contributed by atoms with Crippen molar-refractivity contribution < 1.29 is 77.2 Å². The van der Waals surface area contributed by atoms with Crippen LogP contribution in [0.3, 0.4) is 0 Å². The molecule has 612 valence electrons. The third-order valence-corrected chi connectivity index (χ3v) is 17.5. The van der Waals surface area contributed by atoms with E-state index in [9.17, 15) is 54.1 Å². The van der Waals surface area contributed by atoms with Gasteiger partial charge in [0.25, 0.3) is 11.4 Å². The Kier molecular flexibility index (Phi) is 33.7. The molecule has 0 bridgehead atoms. The highest BCUT2D eigenvalue weighted by atomic mass is 35.5. The first-order chi connectivity index (χ1) is 57.3. The summed E-state index contributed by atoms with van der Waals surface area (Å²) in [5.41, 5.74) is 16.6. The van der Waals surface area contributed by atoms with Gasteiger partial charge in [-0.25, -0.2) is 24.0 Å². The Balaban J connectivity index is 0.000000211. The molecular weight excluding hydrogens is 1540 g/mol. The molecule has 0 unspecified atom stereocenters. The van der Waals surface area contributed by atoms with Crippen LogP contribution in [-0.4, -0.2) is 66.7 Å². The van der Waals surface area contributed by atoms with E-state index in [1.54, 1.807) is 54.6 Å². The van der Waals surface area contributed by atoms with Crippen molar-refractivity contribution in [2.24, 2.45) is 0 Å². The van der Waals surface area contributed by atoms with Gasteiger partial charge in [0.2, 0.25) is 0 Å². The van der Waals surface area contributed by atoms with Crippen LogP contribution in [0, 0.1) is 20.2 Å². The predicted molar refractivity (Wildman–Crippen MR) is 471 cm³/mol. The van der Waals surface area contributed by atoms with Crippen molar-refractivity contribution in [3.8, 4) is 28.7 Å². The van der Waals surface area contributed by atoms with Crippen LogP contribution in [0.2, 0.25) is 0 Å². The Labute approximate surface area is 702 Å². The number of carbonyl (C=O) groups is 6. The maximum absolute atomic E-state index is 12.4. The maximum Gasteiger partial charge on any atom is 0.519 e. The summed E-state index contributed by atoms with van der Waals surface area (Å²) in [5.74, 6) is -0.770. The SMILES string of the molecule is CC/C(=C(/c1ccc(O)cc1)c1ccc(/C=C/C(=O)OC(C)(C)C)cc1)c1ccccc1.CC/C(=C(\c1ccc(/C=C/C(=O)O)cc1)c1ccc(OC(C)=O)cc1)c1ccccc1.CC/C(=C(\c1ccc(/C=C/C(=O)OC(C)(C)C)cc1)c1ccc(OC(=O)Oc2ccc([N+](=O)[O-])cc2)cc1)c1ccccc1.O=C(Cl)Oc1ccc([N+](=O)[O-])cc1. The average Bonchev–Trinajstić information content (AvgIpc) is 0.810. The number of ether oxygens (including phenoxy) is 6. The molecule has 11 rings (SSSR count). The number of non-ortho nitro benzene ring substituents is 2. The predicted octanol–water partition coefficient (Wildman–Crippen LogP) is 24.4. The van der Waals surface area contributed by atoms with Gasteiger partial charge in [-0.3, -0.25) is 25.0 Å². The average molecular weight is 1630 g/mol. The smallest absolute Gasteiger partial charge is 0.508 e. The number of halogens is 1. The molecule has 0 heterocycles. The fourth-order valence-corrected chi connectivity index (χ4v) is 12.3. The maximum atomic E-state index is 12.4. The number of hydrogen-bond donors (Lipinski definition) is 2. The molecule has 11 aromatic carbocycles. The Hall–Kier alpha value is -14.6. The summed E-state index contributed by atoms with van der Waals surface area (Å²) < 4.78 is 30.8. The summed E-state index contributed by atoms with van der Waals surface area (Å²) in [5, 5.41) is 39.7. The lowest BCUT2D eigenvalue weighted by Gasteiger charge is -2.18. The van der Waals surface area contributed by atoms with E-state index in [4.69, 9.17) is 40.4 Å². The third kappa shape index (κ3) is 29.3. The summed E-state index contributed by atoms with van der Waals surface area (Å²) >= 11 is 4.92. The number of nitro benzene ring substituents is 2. The molecule has 0 radical (unpaired) electrons. The molecule has 0 aromatic heterocycles. The summed E-state index contributed by atoms with van der Waals surface area (Å²) in [4.78, 5) is 88.7. The summed E-state index contributed by atoms with van der Waals surface area (Å²) in [6.07, 6.45) is 10.5. The molecule has 0 aliphatic carbocycles. The minimum atomic E-state index is -0.978. The van der Waals surface area contributed by atoms with Crippen molar-refractivity contribution in [2.75, 3.05) is 0 Å². The number of nitro groups is 2. The van der Waals surface area contributed by atoms with E-state index in [2.05, 4.69) is 74.0 Å². The fraction of sp³-hybridized carbons (Fsp3) is 0.152. The first kappa shape index (κ1) is 90.9. The topological polar surface area (TPSA) is 285 Å². The Morgan fingerprint density at radius 2 is 0.617 bits per heavy atom. The number of allylic oxidation sites excluding steroid dienone is 3. The number of phenols is 1. The molecule has 20 nitrogen and oxygen atoms in total. The Morgan fingerprint density at radius 1 is 0.358 bits per heavy atom. The third-order valence-electron chi connectivity index (χ3n) is 17.4. The minimum absolute atomic E-state index is 0.0747. The van der Waals surface area contributed by atoms with Crippen LogP contribution in [0.4, 0.5) is 21.0 Å². The van der Waals surface area contributed by atoms with Crippen LogP contribution in [0.5, 0.6) is 28.7 Å². The zero-order valence-electron chi connectivity index (χ0n) is 67.9. The first-order valence-corrected chi connectivity index (χ1v) is 38.6. The van der Waals surface area contributed by atoms with Gasteiger partial charge < -0.3 is 38.6 Å². The van der Waals surface area contributed by atoms with Gasteiger partial charge in [-0.1, -0.05) is 221 Å². The second-order valence-electron chi connectivity index (χ2n) is 28.5. The van der Waals surface area contributed by atoms with E-state index >= 15 is 0 Å². The van der Waals surface area contributed by atoms with Gasteiger partial charge in [0.1, 0.15) is 39.9 Å². The number of hydrogen-bond acceptors (Lipinski definition) is 17. The molecule has 0 atom stereocenters. The molecule has 2 N–H and O–H groups in total. The zero-order valence-corrected chi connectivity index (χ0v) is 68.7. The van der Waals surface area contributed by atoms with Crippen molar-refractivity contribution in [2.45, 2.75) is 99.7 Å². The van der Waals surface area contributed by atoms with E-state index in [-0.39, 0.29) is 46.3 Å². The molecule has 21 heteroatoms. The van der Waals surface area contributed by atoms with Gasteiger partial charge in [-0.2, -0.15) is 0 Å². The highest BCUT2D eigenvalue weighted by Gasteiger charge is 2.21. The van der Waals surface area contributed by atoms with E-state index in [0.717, 1.165) is 109 Å². The number of esters is 3. The fourth-order valence-electron chi connectivity index (χ4n) is 12.2. The van der Waals surface area contributed by atoms with Crippen LogP contribution < -0.4 is 18.9 Å². The number of carboxylic acids is 1. The quantitative estimate of drug-likeness (QED) is 0.00830. The molecule has 0 fully saturated rings. The summed E-state index contributed by atoms with van der Waals surface area (Å²) in [7, 11) is 0. The van der Waals surface area contributed by atoms with Crippen molar-refractivity contribution in [1.82, 2.24) is 0 Å². The number of aromatic hydroxyl groups is 1. The second kappa shape index (κ2) is 44.5. The number of benzene rings is 11. The molecule has 11 aromatic rings. The van der Waals surface area contributed by atoms with E-state index in [1.807, 2.05) is 193 Å². The standard InChI is InChI=1S/C36H33NO7.C29H30O3.C27H24O4.C7H4ClNO4/c1-5-32(26-9-7-6-8-10-26)34(27-14-11-25(12-15-27)13-24-33(38)44-36(2,3)4)28-16-20-30(21-17-28)42-35(39)43-31-22-18-29(19-23-31)37(40)41;1-5-26(22-9-7-6-8-10-22)28(24-16-18-25(30)19-17-24)23-14-11-21(12-15-23)13-20-27(31)32-29(2,3)4;1-3-25(21-7-5-4-6-8-21)27(23-14-16-24(17-15-23)31-19(2)28)22-12-9-20(10-13-22)11-18-26(29)30;8-7(10)13-6-3-1-5(2-4-6)9(11)12/h6-24H,5H2,1-4H3;6-20,30H,5H2,1-4H3;4-18H,3H2,1-2H3,(H,29,30);1-4H/b24-13+,34-32-;20-13+,28-26-;18-11+,27-25-;. The first-order valence-electron chi connectivity index (χ1n) is 38.2. The van der Waals surface area contributed by atoms with Gasteiger partial charge in [-0.15, -0.1) is 0 Å². The summed E-state index contributed by atoms with van der Waals surface area (Å²) in [6.45, 7) is 18.8. The van der Waals surface area contributed by atoms with Crippen LogP contribution in [-0.2, 0) is 28.7 Å². The monoisotopic (exact) mass is 1630 g/mol. The van der Waals surface area contributed by atoms with Gasteiger partial charge in [0, 0.05) is 61.0 Å². The number of phenolic OH excluding ortho intramolecular Hbond substituents is 1. The number of nitrogens with zero attached hydrogens (tertiary/aromatic N) is 2. The van der Waals surface area contributed by atoms with Crippen LogP contribution in [0.15, 0.2) is 303 Å². The largest absolute Gasteiger partial charge is 0.519 e. The van der Waals surface area contributed by atoms with Crippen molar-refractivity contribution in [1.29, 1.82) is 0 Å². The van der Waals surface area contributed by atoms with Gasteiger partial charge in [0.15, 0.2) is 0 Å².